The third-order valence-electron chi connectivity index (χ3n) is 1.68. The predicted molar refractivity (Wildman–Crippen MR) is 60.7 cm³/mol. The summed E-state index contributed by atoms with van der Waals surface area (Å²) in [5.74, 6) is 0.215. The van der Waals surface area contributed by atoms with Crippen molar-refractivity contribution in [2.24, 2.45) is 0 Å². The minimum absolute atomic E-state index is 0. The molecular formula is C9H18NO2Sn+. The number of benzene rings is 1. The van der Waals surface area contributed by atoms with Gasteiger partial charge in [-0.05, 0) is 6.07 Å². The van der Waals surface area contributed by atoms with E-state index >= 15 is 0 Å². The van der Waals surface area contributed by atoms with E-state index in [0.29, 0.717) is 4.48 Å². The van der Waals surface area contributed by atoms with E-state index < -0.39 is 0 Å². The zero-order valence-electron chi connectivity index (χ0n) is 7.57. The molecule has 0 atom stereocenters. The van der Waals surface area contributed by atoms with Crippen molar-refractivity contribution in [3.63, 3.8) is 0 Å². The molecule has 74 valence electrons. The van der Waals surface area contributed by atoms with Gasteiger partial charge in [-0.3, -0.25) is 4.48 Å². The van der Waals surface area contributed by atoms with Crippen LogP contribution in [0.5, 0.6) is 11.5 Å². The summed E-state index contributed by atoms with van der Waals surface area (Å²) >= 11 is 0. The van der Waals surface area contributed by atoms with E-state index in [1.165, 1.54) is 6.07 Å². The van der Waals surface area contributed by atoms with Gasteiger partial charge in [-0.15, -0.1) is 0 Å². The van der Waals surface area contributed by atoms with E-state index in [-0.39, 0.29) is 35.4 Å². The molecule has 0 aromatic heterocycles. The fraction of sp³-hybridized carbons (Fsp3) is 0.333. The Bertz CT molecular complexity index is 294. The van der Waals surface area contributed by atoms with Gasteiger partial charge < -0.3 is 10.2 Å². The zero-order chi connectivity index (χ0) is 9.35. The third-order valence-corrected chi connectivity index (χ3v) is 1.68. The number of phenolic OH excluding ortho intramolecular Hbond substituents is 2. The Morgan fingerprint density at radius 2 is 1.62 bits per heavy atom. The van der Waals surface area contributed by atoms with Gasteiger partial charge in [-0.2, -0.15) is 0 Å². The molecule has 0 aliphatic heterocycles. The number of hydrogen-bond donors (Lipinski definition) is 2. The Balaban J connectivity index is 0.00000144. The van der Waals surface area contributed by atoms with Crippen LogP contribution in [0, 0.1) is 0 Å². The quantitative estimate of drug-likeness (QED) is 0.558. The van der Waals surface area contributed by atoms with E-state index in [9.17, 15) is 5.11 Å². The van der Waals surface area contributed by atoms with Crippen molar-refractivity contribution in [3.05, 3.63) is 18.2 Å². The van der Waals surface area contributed by atoms with E-state index in [1.54, 1.807) is 12.1 Å². The first-order valence-corrected chi connectivity index (χ1v) is 3.75. The van der Waals surface area contributed by atoms with Crippen molar-refractivity contribution in [1.29, 1.82) is 0 Å². The third kappa shape index (κ3) is 3.08. The molecule has 2 N–H and O–H groups in total. The van der Waals surface area contributed by atoms with Gasteiger partial charge in [0.15, 0.2) is 11.4 Å². The Labute approximate surface area is 95.2 Å². The second kappa shape index (κ2) is 4.19. The second-order valence-electron chi connectivity index (χ2n) is 3.69. The van der Waals surface area contributed by atoms with E-state index in [4.69, 9.17) is 5.11 Å². The summed E-state index contributed by atoms with van der Waals surface area (Å²) in [6.07, 6.45) is 0. The first kappa shape index (κ1) is 12.6. The topological polar surface area (TPSA) is 40.5 Å². The van der Waals surface area contributed by atoms with Crippen LogP contribution in [0.3, 0.4) is 0 Å². The number of phenols is 2. The van der Waals surface area contributed by atoms with Crippen LogP contribution >= 0.6 is 0 Å². The molecule has 0 amide bonds. The first-order valence-electron chi connectivity index (χ1n) is 3.75. The molecule has 0 aliphatic rings. The summed E-state index contributed by atoms with van der Waals surface area (Å²) in [6.45, 7) is 0. The normalized spacial score (nSPS) is 10.7. The molecule has 0 heterocycles. The van der Waals surface area contributed by atoms with Gasteiger partial charge in [0.25, 0.3) is 0 Å². The molecule has 0 bridgehead atoms. The van der Waals surface area contributed by atoms with Crippen LogP contribution in [0.2, 0.25) is 0 Å². The predicted octanol–water partition coefficient (Wildman–Crippen LogP) is -0.157. The number of nitrogens with zero attached hydrogens (tertiary/aromatic N) is 1. The summed E-state index contributed by atoms with van der Waals surface area (Å²) in [6, 6.07) is 4.63. The van der Waals surface area contributed by atoms with Crippen LogP contribution in [0.1, 0.15) is 0 Å². The summed E-state index contributed by atoms with van der Waals surface area (Å²) in [5.41, 5.74) is 0.785. The molecule has 0 saturated carbocycles. The molecule has 4 heteroatoms. The van der Waals surface area contributed by atoms with Crippen molar-refractivity contribution < 1.29 is 10.2 Å². The molecule has 1 aromatic rings. The molecule has 0 saturated heterocycles. The van der Waals surface area contributed by atoms with Crippen LogP contribution in [0.15, 0.2) is 18.2 Å². The van der Waals surface area contributed by atoms with Crippen LogP contribution in [-0.4, -0.2) is 55.3 Å². The van der Waals surface area contributed by atoms with Crippen molar-refractivity contribution >= 4 is 29.6 Å². The van der Waals surface area contributed by atoms with E-state index in [2.05, 4.69) is 0 Å². The number of hydrogen-bond acceptors (Lipinski definition) is 2. The number of aromatic hydroxyl groups is 2. The Kier molecular flexibility index (Phi) is 4.06. The summed E-state index contributed by atoms with van der Waals surface area (Å²) in [5, 5.41) is 18.5. The average Bonchev–Trinajstić information content (AvgIpc) is 1.83. The van der Waals surface area contributed by atoms with Gasteiger partial charge in [-0.1, -0.05) is 0 Å². The molecule has 0 unspecified atom stereocenters. The fourth-order valence-electron chi connectivity index (χ4n) is 1.08. The van der Waals surface area contributed by atoms with Crippen LogP contribution in [0.25, 0.3) is 0 Å². The van der Waals surface area contributed by atoms with Crippen LogP contribution in [-0.2, 0) is 0 Å². The van der Waals surface area contributed by atoms with Crippen molar-refractivity contribution in [3.8, 4) is 11.5 Å². The standard InChI is InChI=1S/C9H13NO2.Sn.4H/c1-10(2,3)8-5-4-7(11)6-9(8)12;;;;;/h4-6H,1-3H3,(H-,11,12);;;;;/p+1. The molecule has 1 rings (SSSR count). The van der Waals surface area contributed by atoms with Gasteiger partial charge in [0.2, 0.25) is 0 Å². The van der Waals surface area contributed by atoms with Gasteiger partial charge in [0, 0.05) is 12.1 Å². The van der Waals surface area contributed by atoms with E-state index in [0.717, 1.165) is 5.69 Å². The molecule has 1 aromatic carbocycles. The van der Waals surface area contributed by atoms with Crippen molar-refractivity contribution in [2.45, 2.75) is 0 Å². The van der Waals surface area contributed by atoms with Gasteiger partial charge >= 0.3 is 23.9 Å². The Hall–Kier alpha value is -0.421. The molecule has 0 fully saturated rings. The average molecular weight is 291 g/mol. The van der Waals surface area contributed by atoms with Crippen LogP contribution < -0.4 is 4.48 Å². The fourth-order valence-corrected chi connectivity index (χ4v) is 1.08. The molecule has 13 heavy (non-hydrogen) atoms. The summed E-state index contributed by atoms with van der Waals surface area (Å²) in [7, 11) is 5.85. The maximum absolute atomic E-state index is 9.45. The monoisotopic (exact) mass is 292 g/mol. The number of rotatable bonds is 1. The maximum atomic E-state index is 9.45. The summed E-state index contributed by atoms with van der Waals surface area (Å²) < 4.78 is 0.534. The minimum atomic E-state index is 0. The Morgan fingerprint density at radius 3 is 2.00 bits per heavy atom. The summed E-state index contributed by atoms with van der Waals surface area (Å²) in [4.78, 5) is 0. The molecule has 0 aliphatic carbocycles. The van der Waals surface area contributed by atoms with Gasteiger partial charge in [0.05, 0.1) is 21.1 Å². The molecule has 0 radical (unpaired) electrons. The SMILES string of the molecule is C[N+](C)(C)c1ccc(O)cc1O.[SnH4]. The zero-order valence-corrected chi connectivity index (χ0v) is 7.57. The van der Waals surface area contributed by atoms with Crippen molar-refractivity contribution in [2.75, 3.05) is 21.1 Å². The molecule has 0 spiro atoms. The Morgan fingerprint density at radius 1 is 1.08 bits per heavy atom. The molecular weight excluding hydrogens is 273 g/mol. The molecule has 3 nitrogen and oxygen atoms in total. The van der Waals surface area contributed by atoms with E-state index in [1.807, 2.05) is 21.1 Å². The number of quaternary nitrogens is 1. The first-order chi connectivity index (χ1) is 5.41. The second-order valence-corrected chi connectivity index (χ2v) is 3.69. The van der Waals surface area contributed by atoms with Gasteiger partial charge in [0.1, 0.15) is 5.75 Å². The van der Waals surface area contributed by atoms with Crippen LogP contribution in [0.4, 0.5) is 5.69 Å². The van der Waals surface area contributed by atoms with Gasteiger partial charge in [-0.25, -0.2) is 0 Å². The van der Waals surface area contributed by atoms with Crippen molar-refractivity contribution in [1.82, 2.24) is 4.48 Å².